The average molecular weight is 428 g/mol. The summed E-state index contributed by atoms with van der Waals surface area (Å²) >= 11 is 0. The molecule has 1 aliphatic heterocycles. The second-order valence-electron chi connectivity index (χ2n) is 8.11. The largest absolute Gasteiger partial charge is 0.331 e. The lowest BCUT2D eigenvalue weighted by molar-refractivity contribution is 0.169. The quantitative estimate of drug-likeness (QED) is 0.814. The number of piperazine rings is 1. The smallest absolute Gasteiger partial charge is 0.317 e. The number of benzene rings is 2. The number of hydrogen-bond acceptors (Lipinski definition) is 3. The SMILES string of the molecule is CC(NC(=O)N1CCN(S(=O)(=O)c2ccccc2)CC1)c1ccc2c(c1)CCCC2. The Balaban J connectivity index is 1.34. The Hall–Kier alpha value is -2.38. The van der Waals surface area contributed by atoms with Crippen LogP contribution >= 0.6 is 0 Å². The monoisotopic (exact) mass is 427 g/mol. The van der Waals surface area contributed by atoms with Crippen molar-refractivity contribution in [2.45, 2.75) is 43.5 Å². The highest BCUT2D eigenvalue weighted by Crippen LogP contribution is 2.25. The van der Waals surface area contributed by atoms with Gasteiger partial charge >= 0.3 is 6.03 Å². The van der Waals surface area contributed by atoms with Crippen molar-refractivity contribution in [1.29, 1.82) is 0 Å². The van der Waals surface area contributed by atoms with Gasteiger partial charge in [-0.3, -0.25) is 0 Å². The molecule has 2 aliphatic rings. The van der Waals surface area contributed by atoms with Gasteiger partial charge in [-0.05, 0) is 61.4 Å². The molecule has 1 atom stereocenters. The molecule has 1 unspecified atom stereocenters. The summed E-state index contributed by atoms with van der Waals surface area (Å²) < 4.78 is 27.0. The van der Waals surface area contributed by atoms with Crippen molar-refractivity contribution in [2.75, 3.05) is 26.2 Å². The van der Waals surface area contributed by atoms with Gasteiger partial charge in [0.05, 0.1) is 10.9 Å². The summed E-state index contributed by atoms with van der Waals surface area (Å²) in [5.41, 5.74) is 3.95. The molecule has 2 aromatic carbocycles. The van der Waals surface area contributed by atoms with E-state index in [0.29, 0.717) is 31.1 Å². The summed E-state index contributed by atoms with van der Waals surface area (Å²) in [5.74, 6) is 0. The Labute approximate surface area is 178 Å². The number of rotatable bonds is 4. The zero-order valence-corrected chi connectivity index (χ0v) is 18.2. The summed E-state index contributed by atoms with van der Waals surface area (Å²) in [4.78, 5) is 14.7. The number of fused-ring (bicyclic) bond motifs is 1. The number of aryl methyl sites for hydroxylation is 2. The van der Waals surface area contributed by atoms with Gasteiger partial charge in [0.2, 0.25) is 10.0 Å². The Bertz CT molecular complexity index is 1000. The fourth-order valence-corrected chi connectivity index (χ4v) is 5.70. The first-order valence-electron chi connectivity index (χ1n) is 10.7. The first-order valence-corrected chi connectivity index (χ1v) is 12.1. The number of hydrogen-bond donors (Lipinski definition) is 1. The van der Waals surface area contributed by atoms with Gasteiger partial charge in [0, 0.05) is 26.2 Å². The van der Waals surface area contributed by atoms with Crippen LogP contribution in [0.4, 0.5) is 4.79 Å². The van der Waals surface area contributed by atoms with E-state index in [4.69, 9.17) is 0 Å². The van der Waals surface area contributed by atoms with Crippen LogP contribution in [0.3, 0.4) is 0 Å². The molecule has 1 N–H and O–H groups in total. The number of carbonyl (C=O) groups is 1. The minimum Gasteiger partial charge on any atom is -0.331 e. The van der Waals surface area contributed by atoms with E-state index in [1.54, 1.807) is 35.2 Å². The van der Waals surface area contributed by atoms with Gasteiger partial charge in [0.1, 0.15) is 0 Å². The summed E-state index contributed by atoms with van der Waals surface area (Å²) in [6.07, 6.45) is 4.74. The molecule has 1 aliphatic carbocycles. The summed E-state index contributed by atoms with van der Waals surface area (Å²) in [6, 6.07) is 14.8. The van der Waals surface area contributed by atoms with E-state index in [1.807, 2.05) is 6.92 Å². The Morgan fingerprint density at radius 3 is 2.30 bits per heavy atom. The van der Waals surface area contributed by atoms with Crippen molar-refractivity contribution in [1.82, 2.24) is 14.5 Å². The predicted octanol–water partition coefficient (Wildman–Crippen LogP) is 3.34. The molecule has 160 valence electrons. The minimum absolute atomic E-state index is 0.0872. The highest BCUT2D eigenvalue weighted by molar-refractivity contribution is 7.89. The summed E-state index contributed by atoms with van der Waals surface area (Å²) in [7, 11) is -3.51. The van der Waals surface area contributed by atoms with Crippen LogP contribution in [0.5, 0.6) is 0 Å². The molecule has 0 radical (unpaired) electrons. The highest BCUT2D eigenvalue weighted by Gasteiger charge is 2.30. The maximum Gasteiger partial charge on any atom is 0.317 e. The third-order valence-corrected chi connectivity index (χ3v) is 8.03. The van der Waals surface area contributed by atoms with Crippen molar-refractivity contribution in [2.24, 2.45) is 0 Å². The number of nitrogens with zero attached hydrogens (tertiary/aromatic N) is 2. The maximum atomic E-state index is 12.8. The van der Waals surface area contributed by atoms with E-state index < -0.39 is 10.0 Å². The molecule has 6 nitrogen and oxygen atoms in total. The first-order chi connectivity index (χ1) is 14.4. The van der Waals surface area contributed by atoms with E-state index in [-0.39, 0.29) is 12.1 Å². The molecule has 1 saturated heterocycles. The fourth-order valence-electron chi connectivity index (χ4n) is 4.26. The van der Waals surface area contributed by atoms with Crippen LogP contribution < -0.4 is 5.32 Å². The van der Waals surface area contributed by atoms with E-state index in [1.165, 1.54) is 28.3 Å². The van der Waals surface area contributed by atoms with Crippen molar-refractivity contribution in [3.8, 4) is 0 Å². The van der Waals surface area contributed by atoms with Gasteiger partial charge < -0.3 is 10.2 Å². The van der Waals surface area contributed by atoms with Gasteiger partial charge in [0.25, 0.3) is 0 Å². The third kappa shape index (κ3) is 4.37. The second kappa shape index (κ2) is 8.78. The van der Waals surface area contributed by atoms with Crippen LogP contribution in [-0.4, -0.2) is 49.8 Å². The minimum atomic E-state index is -3.51. The number of sulfonamides is 1. The van der Waals surface area contributed by atoms with E-state index >= 15 is 0 Å². The van der Waals surface area contributed by atoms with Crippen LogP contribution in [0.1, 0.15) is 42.5 Å². The predicted molar refractivity (Wildman–Crippen MR) is 117 cm³/mol. The first kappa shape index (κ1) is 20.9. The molecule has 4 rings (SSSR count). The van der Waals surface area contributed by atoms with Crippen LogP contribution in [0.2, 0.25) is 0 Å². The number of carbonyl (C=O) groups excluding carboxylic acids is 1. The van der Waals surface area contributed by atoms with Gasteiger partial charge in [-0.2, -0.15) is 4.31 Å². The van der Waals surface area contributed by atoms with Crippen molar-refractivity contribution >= 4 is 16.1 Å². The molecule has 2 amide bonds. The molecule has 0 bridgehead atoms. The van der Waals surface area contributed by atoms with E-state index in [2.05, 4.69) is 23.5 Å². The zero-order valence-electron chi connectivity index (χ0n) is 17.4. The Kier molecular flexibility index (Phi) is 6.11. The van der Waals surface area contributed by atoms with E-state index in [0.717, 1.165) is 18.4 Å². The maximum absolute atomic E-state index is 12.8. The van der Waals surface area contributed by atoms with Crippen molar-refractivity contribution in [3.05, 3.63) is 65.2 Å². The molecule has 0 aromatic heterocycles. The lowest BCUT2D eigenvalue weighted by Gasteiger charge is -2.34. The molecule has 2 aromatic rings. The molecular weight excluding hydrogens is 398 g/mol. The van der Waals surface area contributed by atoms with Gasteiger partial charge in [-0.1, -0.05) is 36.4 Å². The molecule has 1 heterocycles. The Morgan fingerprint density at radius 1 is 0.933 bits per heavy atom. The lowest BCUT2D eigenvalue weighted by atomic mass is 9.89. The van der Waals surface area contributed by atoms with Crippen molar-refractivity contribution < 1.29 is 13.2 Å². The third-order valence-electron chi connectivity index (χ3n) is 6.12. The molecule has 0 spiro atoms. The van der Waals surface area contributed by atoms with Crippen molar-refractivity contribution in [3.63, 3.8) is 0 Å². The van der Waals surface area contributed by atoms with Crippen LogP contribution in [0.25, 0.3) is 0 Å². The standard InChI is InChI=1S/C23H29N3O3S/c1-18(20-12-11-19-7-5-6-8-21(19)17-20)24-23(27)25-13-15-26(16-14-25)30(28,29)22-9-3-2-4-10-22/h2-4,9-12,17-18H,5-8,13-16H2,1H3,(H,24,27). The molecular formula is C23H29N3O3S. The number of nitrogens with one attached hydrogen (secondary N) is 1. The molecule has 7 heteroatoms. The van der Waals surface area contributed by atoms with Gasteiger partial charge in [0.15, 0.2) is 0 Å². The van der Waals surface area contributed by atoms with Gasteiger partial charge in [-0.15, -0.1) is 0 Å². The molecule has 30 heavy (non-hydrogen) atoms. The fraction of sp³-hybridized carbons (Fsp3) is 0.435. The highest BCUT2D eigenvalue weighted by atomic mass is 32.2. The van der Waals surface area contributed by atoms with Gasteiger partial charge in [-0.25, -0.2) is 13.2 Å². The molecule has 1 fully saturated rings. The topological polar surface area (TPSA) is 69.7 Å². The number of urea groups is 1. The van der Waals surface area contributed by atoms with Crippen LogP contribution in [0, 0.1) is 0 Å². The van der Waals surface area contributed by atoms with Crippen LogP contribution in [-0.2, 0) is 22.9 Å². The summed E-state index contributed by atoms with van der Waals surface area (Å²) in [5, 5.41) is 3.08. The molecule has 0 saturated carbocycles. The normalized spacial score (nSPS) is 18.5. The Morgan fingerprint density at radius 2 is 1.60 bits per heavy atom. The number of amides is 2. The van der Waals surface area contributed by atoms with Crippen LogP contribution in [0.15, 0.2) is 53.4 Å². The summed E-state index contributed by atoms with van der Waals surface area (Å²) in [6.45, 7) is 3.37. The second-order valence-corrected chi connectivity index (χ2v) is 10.0. The average Bonchev–Trinajstić information content (AvgIpc) is 2.79. The van der Waals surface area contributed by atoms with E-state index in [9.17, 15) is 13.2 Å². The lowest BCUT2D eigenvalue weighted by Crippen LogP contribution is -2.53. The zero-order chi connectivity index (χ0) is 21.1.